The van der Waals surface area contributed by atoms with Crippen LogP contribution in [0.4, 0.5) is 0 Å². The maximum atomic E-state index is 11.5. The summed E-state index contributed by atoms with van der Waals surface area (Å²) in [5.74, 6) is -0.451. The first-order valence-corrected chi connectivity index (χ1v) is 4.67. The molecule has 0 bridgehead atoms. The van der Waals surface area contributed by atoms with Gasteiger partial charge in [0.05, 0.1) is 0 Å². The molecule has 15 heavy (non-hydrogen) atoms. The van der Waals surface area contributed by atoms with Gasteiger partial charge in [-0.05, 0) is 13.3 Å². The third-order valence-corrected chi connectivity index (χ3v) is 1.99. The summed E-state index contributed by atoms with van der Waals surface area (Å²) in [4.78, 5) is 37.5. The fraction of sp³-hybridized carbons (Fsp3) is 0.444. The highest BCUT2D eigenvalue weighted by molar-refractivity contribution is 5.92. The van der Waals surface area contributed by atoms with Gasteiger partial charge in [-0.3, -0.25) is 14.6 Å². The van der Waals surface area contributed by atoms with Gasteiger partial charge in [0.1, 0.15) is 5.69 Å². The zero-order chi connectivity index (χ0) is 11.4. The van der Waals surface area contributed by atoms with Gasteiger partial charge in [0.25, 0.3) is 11.5 Å². The van der Waals surface area contributed by atoms with Crippen molar-refractivity contribution in [3.63, 3.8) is 0 Å². The second kappa shape index (κ2) is 4.59. The molecule has 6 heteroatoms. The van der Waals surface area contributed by atoms with Crippen molar-refractivity contribution in [1.82, 2.24) is 15.3 Å². The Hall–Kier alpha value is -1.85. The van der Waals surface area contributed by atoms with Crippen molar-refractivity contribution in [2.24, 2.45) is 0 Å². The molecule has 1 atom stereocenters. The van der Waals surface area contributed by atoms with Crippen molar-refractivity contribution < 1.29 is 4.79 Å². The number of hydrogen-bond acceptors (Lipinski definition) is 3. The van der Waals surface area contributed by atoms with Crippen LogP contribution in [-0.4, -0.2) is 21.9 Å². The number of aromatic nitrogens is 2. The molecule has 0 spiro atoms. The molecular weight excluding hydrogens is 198 g/mol. The Labute approximate surface area is 85.7 Å². The Morgan fingerprint density at radius 3 is 2.67 bits per heavy atom. The van der Waals surface area contributed by atoms with Crippen LogP contribution in [0, 0.1) is 0 Å². The predicted octanol–water partition coefficient (Wildman–Crippen LogP) is -0.409. The first kappa shape index (κ1) is 11.2. The van der Waals surface area contributed by atoms with Crippen molar-refractivity contribution in [1.29, 1.82) is 0 Å². The Bertz CT molecular complexity index is 432. The molecule has 0 saturated heterocycles. The van der Waals surface area contributed by atoms with E-state index in [1.165, 1.54) is 0 Å². The fourth-order valence-electron chi connectivity index (χ4n) is 0.995. The van der Waals surface area contributed by atoms with E-state index in [1.54, 1.807) is 0 Å². The molecule has 0 aromatic carbocycles. The van der Waals surface area contributed by atoms with E-state index in [4.69, 9.17) is 0 Å². The summed E-state index contributed by atoms with van der Waals surface area (Å²) in [5.41, 5.74) is -1.30. The van der Waals surface area contributed by atoms with Gasteiger partial charge in [-0.2, -0.15) is 0 Å². The second-order valence-electron chi connectivity index (χ2n) is 3.28. The molecule has 1 aromatic rings. The molecule has 1 aromatic heterocycles. The molecule has 0 fully saturated rings. The molecule has 0 aliphatic heterocycles. The third-order valence-electron chi connectivity index (χ3n) is 1.99. The largest absolute Gasteiger partial charge is 0.348 e. The van der Waals surface area contributed by atoms with E-state index in [-0.39, 0.29) is 11.7 Å². The van der Waals surface area contributed by atoms with Crippen LogP contribution < -0.4 is 16.6 Å². The monoisotopic (exact) mass is 211 g/mol. The summed E-state index contributed by atoms with van der Waals surface area (Å²) in [7, 11) is 0. The zero-order valence-electron chi connectivity index (χ0n) is 8.59. The van der Waals surface area contributed by atoms with Gasteiger partial charge >= 0.3 is 5.69 Å². The van der Waals surface area contributed by atoms with Gasteiger partial charge in [0.2, 0.25) is 0 Å². The van der Waals surface area contributed by atoms with Gasteiger partial charge in [0.15, 0.2) is 0 Å². The molecule has 1 unspecified atom stereocenters. The lowest BCUT2D eigenvalue weighted by molar-refractivity contribution is 0.0933. The normalized spacial score (nSPS) is 12.1. The Balaban J connectivity index is 2.92. The molecule has 0 radical (unpaired) electrons. The van der Waals surface area contributed by atoms with Crippen molar-refractivity contribution in [2.45, 2.75) is 26.3 Å². The molecule has 6 nitrogen and oxygen atoms in total. The van der Waals surface area contributed by atoms with Crippen molar-refractivity contribution >= 4 is 5.91 Å². The quantitative estimate of drug-likeness (QED) is 0.634. The highest BCUT2D eigenvalue weighted by Crippen LogP contribution is 1.91. The molecule has 0 aliphatic rings. The van der Waals surface area contributed by atoms with Gasteiger partial charge in [-0.15, -0.1) is 0 Å². The fourth-order valence-corrected chi connectivity index (χ4v) is 0.995. The van der Waals surface area contributed by atoms with Gasteiger partial charge in [-0.1, -0.05) is 6.92 Å². The number of H-pyrrole nitrogens is 2. The lowest BCUT2D eigenvalue weighted by Crippen LogP contribution is -2.35. The maximum Gasteiger partial charge on any atom is 0.326 e. The number of amides is 1. The molecule has 0 aliphatic carbocycles. The average Bonchev–Trinajstić information content (AvgIpc) is 2.16. The molecule has 82 valence electrons. The average molecular weight is 211 g/mol. The van der Waals surface area contributed by atoms with Crippen LogP contribution in [0.5, 0.6) is 0 Å². The van der Waals surface area contributed by atoms with Crippen LogP contribution in [0.15, 0.2) is 15.7 Å². The van der Waals surface area contributed by atoms with E-state index in [2.05, 4.69) is 10.3 Å². The zero-order valence-corrected chi connectivity index (χ0v) is 8.59. The lowest BCUT2D eigenvalue weighted by Gasteiger charge is -2.10. The number of carbonyl (C=O) groups is 1. The molecule has 0 saturated carbocycles. The summed E-state index contributed by atoms with van der Waals surface area (Å²) >= 11 is 0. The summed E-state index contributed by atoms with van der Waals surface area (Å²) in [6.45, 7) is 3.76. The van der Waals surface area contributed by atoms with Crippen molar-refractivity contribution in [3.05, 3.63) is 32.6 Å². The minimum Gasteiger partial charge on any atom is -0.348 e. The highest BCUT2D eigenvalue weighted by Gasteiger charge is 2.09. The smallest absolute Gasteiger partial charge is 0.326 e. The number of carbonyl (C=O) groups excluding carboxylic acids is 1. The van der Waals surface area contributed by atoms with Crippen molar-refractivity contribution in [3.8, 4) is 0 Å². The SMILES string of the molecule is CCC(C)NC(=O)c1cc(=O)[nH]c(=O)[nH]1. The Morgan fingerprint density at radius 1 is 1.47 bits per heavy atom. The van der Waals surface area contributed by atoms with Gasteiger partial charge in [0, 0.05) is 12.1 Å². The van der Waals surface area contributed by atoms with E-state index in [1.807, 2.05) is 18.8 Å². The minimum absolute atomic E-state index is 0.000268. The van der Waals surface area contributed by atoms with Crippen LogP contribution in [0.1, 0.15) is 30.8 Å². The van der Waals surface area contributed by atoms with Crippen LogP contribution >= 0.6 is 0 Å². The standard InChI is InChI=1S/C9H13N3O3/c1-3-5(2)10-8(14)6-4-7(13)12-9(15)11-6/h4-5H,3H2,1-2H3,(H,10,14)(H2,11,12,13,15). The molecule has 3 N–H and O–H groups in total. The van der Waals surface area contributed by atoms with E-state index in [0.717, 1.165) is 12.5 Å². The van der Waals surface area contributed by atoms with Crippen LogP contribution in [-0.2, 0) is 0 Å². The van der Waals surface area contributed by atoms with E-state index in [9.17, 15) is 14.4 Å². The van der Waals surface area contributed by atoms with Gasteiger partial charge < -0.3 is 10.3 Å². The van der Waals surface area contributed by atoms with Crippen molar-refractivity contribution in [2.75, 3.05) is 0 Å². The van der Waals surface area contributed by atoms with E-state index < -0.39 is 17.2 Å². The number of aromatic amines is 2. The van der Waals surface area contributed by atoms with E-state index >= 15 is 0 Å². The summed E-state index contributed by atoms with van der Waals surface area (Å²) in [6.07, 6.45) is 0.777. The summed E-state index contributed by atoms with van der Waals surface area (Å²) in [6, 6.07) is 1.05. The molecule has 1 heterocycles. The maximum absolute atomic E-state index is 11.5. The number of nitrogens with one attached hydrogen (secondary N) is 3. The first-order valence-electron chi connectivity index (χ1n) is 4.67. The molecular formula is C9H13N3O3. The topological polar surface area (TPSA) is 94.8 Å². The Kier molecular flexibility index (Phi) is 3.43. The minimum atomic E-state index is -0.684. The highest BCUT2D eigenvalue weighted by atomic mass is 16.2. The number of rotatable bonds is 3. The summed E-state index contributed by atoms with van der Waals surface area (Å²) < 4.78 is 0. The van der Waals surface area contributed by atoms with E-state index in [0.29, 0.717) is 0 Å². The lowest BCUT2D eigenvalue weighted by atomic mass is 10.2. The third kappa shape index (κ3) is 3.08. The second-order valence-corrected chi connectivity index (χ2v) is 3.28. The first-order chi connectivity index (χ1) is 7.02. The summed E-state index contributed by atoms with van der Waals surface area (Å²) in [5, 5.41) is 2.64. The van der Waals surface area contributed by atoms with Crippen LogP contribution in [0.2, 0.25) is 0 Å². The molecule has 1 amide bonds. The predicted molar refractivity (Wildman–Crippen MR) is 54.9 cm³/mol. The van der Waals surface area contributed by atoms with Crippen LogP contribution in [0.25, 0.3) is 0 Å². The Morgan fingerprint density at radius 2 is 2.13 bits per heavy atom. The van der Waals surface area contributed by atoms with Gasteiger partial charge in [-0.25, -0.2) is 4.79 Å². The molecule has 1 rings (SSSR count). The number of hydrogen-bond donors (Lipinski definition) is 3. The van der Waals surface area contributed by atoms with Crippen LogP contribution in [0.3, 0.4) is 0 Å².